The molecule has 0 atom stereocenters. The Morgan fingerprint density at radius 3 is 2.76 bits per heavy atom. The summed E-state index contributed by atoms with van der Waals surface area (Å²) in [6, 6.07) is 3.61. The Hall–Kier alpha value is -2.34. The van der Waals surface area contributed by atoms with Gasteiger partial charge >= 0.3 is 0 Å². The van der Waals surface area contributed by atoms with E-state index in [1.807, 2.05) is 6.07 Å². The Kier molecular flexibility index (Phi) is 4.28. The Morgan fingerprint density at radius 1 is 1.48 bits per heavy atom. The molecule has 0 fully saturated rings. The fourth-order valence-electron chi connectivity index (χ4n) is 1.45. The van der Waals surface area contributed by atoms with Crippen molar-refractivity contribution in [2.24, 2.45) is 0 Å². The molecule has 0 saturated carbocycles. The number of nitrogens with one attached hydrogen (secondary N) is 1. The van der Waals surface area contributed by atoms with Gasteiger partial charge in [-0.25, -0.2) is 4.98 Å². The molecule has 2 heterocycles. The van der Waals surface area contributed by atoms with Gasteiger partial charge in [0.1, 0.15) is 9.88 Å². The number of hydrogen-bond donors (Lipinski definition) is 1. The van der Waals surface area contributed by atoms with E-state index in [-0.39, 0.29) is 10.0 Å². The molecule has 2 aromatic heterocycles. The average molecular weight is 316 g/mol. The van der Waals surface area contributed by atoms with Crippen LogP contribution in [0.25, 0.3) is 10.6 Å². The van der Waals surface area contributed by atoms with Gasteiger partial charge in [0.05, 0.1) is 0 Å². The van der Waals surface area contributed by atoms with Crippen LogP contribution in [0.15, 0.2) is 24.5 Å². The molecule has 0 spiro atoms. The molecular weight excluding hydrogens is 306 g/mol. The Bertz CT molecular complexity index is 741. The fraction of sp³-hybridized carbons (Fsp3) is 0.133. The van der Waals surface area contributed by atoms with Crippen LogP contribution < -0.4 is 5.32 Å². The Labute approximate surface area is 131 Å². The summed E-state index contributed by atoms with van der Waals surface area (Å²) in [5.74, 6) is 4.25. The molecule has 4 nitrogen and oxygen atoms in total. The lowest BCUT2D eigenvalue weighted by molar-refractivity contribution is 0.0942. The van der Waals surface area contributed by atoms with Gasteiger partial charge in [0.2, 0.25) is 0 Å². The van der Waals surface area contributed by atoms with E-state index in [0.29, 0.717) is 5.01 Å². The van der Waals surface area contributed by atoms with Gasteiger partial charge in [0.25, 0.3) is 5.91 Å². The zero-order valence-electron chi connectivity index (χ0n) is 11.1. The second-order valence-electron chi connectivity index (χ2n) is 4.25. The van der Waals surface area contributed by atoms with E-state index >= 15 is 0 Å². The standard InChI is InChI=1S/C15H10ClN3OS/c1-4-15(3,5-2)19-13(20)11-12(16)18-14(21-11)10-7-6-8-17-9-10/h1-2,6-9H,3H3,(H,19,20). The summed E-state index contributed by atoms with van der Waals surface area (Å²) in [6.45, 7) is 1.56. The van der Waals surface area contributed by atoms with E-state index in [4.69, 9.17) is 24.4 Å². The van der Waals surface area contributed by atoms with Crippen molar-refractivity contribution >= 4 is 28.8 Å². The number of aromatic nitrogens is 2. The van der Waals surface area contributed by atoms with Gasteiger partial charge in [-0.15, -0.1) is 24.2 Å². The van der Waals surface area contributed by atoms with E-state index in [1.54, 1.807) is 25.4 Å². The van der Waals surface area contributed by atoms with Crippen LogP contribution in [0, 0.1) is 24.7 Å². The minimum Gasteiger partial charge on any atom is -0.325 e. The summed E-state index contributed by atoms with van der Waals surface area (Å²) < 4.78 is 0. The molecular formula is C15H10ClN3OS. The number of carbonyl (C=O) groups is 1. The first-order chi connectivity index (χ1) is 9.99. The molecule has 6 heteroatoms. The summed E-state index contributed by atoms with van der Waals surface area (Å²) in [6.07, 6.45) is 13.9. The highest BCUT2D eigenvalue weighted by atomic mass is 35.5. The molecule has 0 aromatic carbocycles. The van der Waals surface area contributed by atoms with Gasteiger partial charge in [0, 0.05) is 18.0 Å². The third-order valence-electron chi connectivity index (χ3n) is 2.64. The van der Waals surface area contributed by atoms with Crippen molar-refractivity contribution in [2.75, 3.05) is 0 Å². The molecule has 0 bridgehead atoms. The number of pyridine rings is 1. The summed E-state index contributed by atoms with van der Waals surface area (Å²) in [7, 11) is 0. The lowest BCUT2D eigenvalue weighted by Gasteiger charge is -2.17. The van der Waals surface area contributed by atoms with Crippen molar-refractivity contribution in [3.05, 3.63) is 34.6 Å². The number of thiazole rings is 1. The van der Waals surface area contributed by atoms with E-state index in [2.05, 4.69) is 27.1 Å². The third kappa shape index (κ3) is 3.22. The van der Waals surface area contributed by atoms with Gasteiger partial charge in [-0.1, -0.05) is 23.4 Å². The monoisotopic (exact) mass is 315 g/mol. The quantitative estimate of drug-likeness (QED) is 0.886. The summed E-state index contributed by atoms with van der Waals surface area (Å²) in [5, 5.41) is 3.28. The molecule has 0 unspecified atom stereocenters. The highest BCUT2D eigenvalue weighted by Gasteiger charge is 2.25. The molecule has 0 saturated heterocycles. The van der Waals surface area contributed by atoms with E-state index < -0.39 is 11.4 Å². The highest BCUT2D eigenvalue weighted by Crippen LogP contribution is 2.30. The van der Waals surface area contributed by atoms with E-state index in [1.165, 1.54) is 0 Å². The molecule has 104 valence electrons. The number of nitrogens with zero attached hydrogens (tertiary/aromatic N) is 2. The van der Waals surface area contributed by atoms with Crippen molar-refractivity contribution < 1.29 is 4.79 Å². The average Bonchev–Trinajstić information content (AvgIpc) is 2.90. The first-order valence-corrected chi connectivity index (χ1v) is 7.03. The summed E-state index contributed by atoms with van der Waals surface area (Å²) in [4.78, 5) is 20.6. The second kappa shape index (κ2) is 5.97. The van der Waals surface area contributed by atoms with Crippen molar-refractivity contribution in [1.29, 1.82) is 0 Å². The lowest BCUT2D eigenvalue weighted by Crippen LogP contribution is -2.43. The molecule has 21 heavy (non-hydrogen) atoms. The van der Waals surface area contributed by atoms with Gasteiger partial charge in [-0.05, 0) is 19.1 Å². The minimum absolute atomic E-state index is 0.104. The molecule has 0 aliphatic carbocycles. The third-order valence-corrected chi connectivity index (χ3v) is 4.13. The van der Waals surface area contributed by atoms with Crippen molar-refractivity contribution in [1.82, 2.24) is 15.3 Å². The van der Waals surface area contributed by atoms with E-state index in [0.717, 1.165) is 16.9 Å². The van der Waals surface area contributed by atoms with Gasteiger partial charge in [0.15, 0.2) is 10.7 Å². The first kappa shape index (κ1) is 15.1. The van der Waals surface area contributed by atoms with Crippen molar-refractivity contribution in [2.45, 2.75) is 12.5 Å². The van der Waals surface area contributed by atoms with Gasteiger partial charge in [-0.3, -0.25) is 9.78 Å². The number of hydrogen-bond acceptors (Lipinski definition) is 4. The van der Waals surface area contributed by atoms with Crippen LogP contribution >= 0.6 is 22.9 Å². The van der Waals surface area contributed by atoms with Crippen LogP contribution in [0.4, 0.5) is 0 Å². The maximum atomic E-state index is 12.2. The zero-order valence-corrected chi connectivity index (χ0v) is 12.6. The number of terminal acetylenes is 2. The predicted molar refractivity (Wildman–Crippen MR) is 83.9 cm³/mol. The molecule has 2 aromatic rings. The predicted octanol–water partition coefficient (Wildman–Crippen LogP) is 2.61. The van der Waals surface area contributed by atoms with E-state index in [9.17, 15) is 4.79 Å². The van der Waals surface area contributed by atoms with Gasteiger partial charge < -0.3 is 5.32 Å². The number of amides is 1. The van der Waals surface area contributed by atoms with Crippen LogP contribution in [0.2, 0.25) is 5.15 Å². The number of carbonyl (C=O) groups excluding carboxylic acids is 1. The van der Waals surface area contributed by atoms with Crippen LogP contribution in [-0.2, 0) is 0 Å². The minimum atomic E-state index is -1.17. The first-order valence-electron chi connectivity index (χ1n) is 5.84. The Balaban J connectivity index is 2.31. The zero-order chi connectivity index (χ0) is 15.5. The SMILES string of the molecule is C#CC(C)(C#C)NC(=O)c1sc(-c2cccnc2)nc1Cl. The lowest BCUT2D eigenvalue weighted by atomic mass is 10.1. The molecule has 0 aliphatic rings. The Morgan fingerprint density at radius 2 is 2.19 bits per heavy atom. The molecule has 0 aliphatic heterocycles. The largest absolute Gasteiger partial charge is 0.325 e. The van der Waals surface area contributed by atoms with Crippen LogP contribution in [0.5, 0.6) is 0 Å². The summed E-state index contributed by atoms with van der Waals surface area (Å²) >= 11 is 7.17. The van der Waals surface area contributed by atoms with Crippen LogP contribution in [0.3, 0.4) is 0 Å². The number of halogens is 1. The maximum absolute atomic E-state index is 12.2. The van der Waals surface area contributed by atoms with Crippen molar-refractivity contribution in [3.63, 3.8) is 0 Å². The molecule has 0 radical (unpaired) electrons. The van der Waals surface area contributed by atoms with Gasteiger partial charge in [-0.2, -0.15) is 0 Å². The smallest absolute Gasteiger partial charge is 0.266 e. The topological polar surface area (TPSA) is 54.9 Å². The number of rotatable bonds is 3. The maximum Gasteiger partial charge on any atom is 0.266 e. The van der Waals surface area contributed by atoms with Crippen LogP contribution in [0.1, 0.15) is 16.6 Å². The highest BCUT2D eigenvalue weighted by molar-refractivity contribution is 7.17. The fourth-order valence-corrected chi connectivity index (χ4v) is 2.63. The van der Waals surface area contributed by atoms with Crippen LogP contribution in [-0.4, -0.2) is 21.4 Å². The molecule has 1 N–H and O–H groups in total. The van der Waals surface area contributed by atoms with Crippen molar-refractivity contribution in [3.8, 4) is 35.3 Å². The molecule has 1 amide bonds. The summed E-state index contributed by atoms with van der Waals surface area (Å²) in [5.41, 5.74) is -0.390. The molecule has 2 rings (SSSR count). The normalized spacial score (nSPS) is 10.5. The second-order valence-corrected chi connectivity index (χ2v) is 5.61.